The van der Waals surface area contributed by atoms with Crippen molar-refractivity contribution in [3.63, 3.8) is 0 Å². The number of ether oxygens (including phenoxy) is 1. The molecule has 1 N–H and O–H groups in total. The standard InChI is InChI=1S/C15H16F3N7O/c1-9(8-25(2)3)26-11-4-12(23-24-14(11)15(16,17)18)22-13-7-20-10(5-19)6-21-13/h4,6-7,9H,8H2,1-3H3,(H,21,22,23). The number of alkyl halides is 3. The molecule has 0 bridgehead atoms. The molecular formula is C15H16F3N7O. The fourth-order valence-electron chi connectivity index (χ4n) is 2.07. The third-order valence-electron chi connectivity index (χ3n) is 3.00. The quantitative estimate of drug-likeness (QED) is 0.830. The van der Waals surface area contributed by atoms with Crippen LogP contribution in [0, 0.1) is 11.3 Å². The fraction of sp³-hybridized carbons (Fsp3) is 0.400. The molecule has 0 saturated heterocycles. The van der Waals surface area contributed by atoms with Crippen LogP contribution < -0.4 is 10.1 Å². The third-order valence-corrected chi connectivity index (χ3v) is 3.00. The maximum absolute atomic E-state index is 13.1. The van der Waals surface area contributed by atoms with Crippen molar-refractivity contribution >= 4 is 11.6 Å². The smallest absolute Gasteiger partial charge is 0.438 e. The molecule has 138 valence electrons. The van der Waals surface area contributed by atoms with Crippen molar-refractivity contribution in [3.05, 3.63) is 29.8 Å². The van der Waals surface area contributed by atoms with Crippen molar-refractivity contribution in [2.45, 2.75) is 19.2 Å². The van der Waals surface area contributed by atoms with Gasteiger partial charge in [-0.15, -0.1) is 10.2 Å². The molecule has 0 fully saturated rings. The molecule has 0 radical (unpaired) electrons. The average molecular weight is 367 g/mol. The van der Waals surface area contributed by atoms with Crippen LogP contribution in [0.25, 0.3) is 0 Å². The van der Waals surface area contributed by atoms with Gasteiger partial charge in [-0.25, -0.2) is 9.97 Å². The molecule has 0 saturated carbocycles. The van der Waals surface area contributed by atoms with Crippen molar-refractivity contribution in [2.24, 2.45) is 0 Å². The molecule has 0 aliphatic heterocycles. The molecule has 2 aromatic rings. The highest BCUT2D eigenvalue weighted by molar-refractivity contribution is 5.53. The number of aromatic nitrogens is 4. The second-order valence-corrected chi connectivity index (χ2v) is 5.65. The van der Waals surface area contributed by atoms with Crippen LogP contribution in [0.3, 0.4) is 0 Å². The second kappa shape index (κ2) is 7.92. The number of nitriles is 1. The lowest BCUT2D eigenvalue weighted by Gasteiger charge is -2.21. The van der Waals surface area contributed by atoms with E-state index in [0.29, 0.717) is 6.54 Å². The summed E-state index contributed by atoms with van der Waals surface area (Å²) in [5, 5.41) is 18.1. The maximum atomic E-state index is 13.1. The van der Waals surface area contributed by atoms with E-state index in [1.54, 1.807) is 25.9 Å². The van der Waals surface area contributed by atoms with E-state index in [1.807, 2.05) is 6.07 Å². The molecule has 0 spiro atoms. The van der Waals surface area contributed by atoms with E-state index in [1.165, 1.54) is 12.4 Å². The van der Waals surface area contributed by atoms with E-state index >= 15 is 0 Å². The highest BCUT2D eigenvalue weighted by Crippen LogP contribution is 2.35. The van der Waals surface area contributed by atoms with Crippen LogP contribution in [-0.4, -0.2) is 51.8 Å². The minimum atomic E-state index is -4.70. The molecule has 2 rings (SSSR count). The summed E-state index contributed by atoms with van der Waals surface area (Å²) in [6.45, 7) is 2.07. The van der Waals surface area contributed by atoms with Gasteiger partial charge in [-0.2, -0.15) is 18.4 Å². The zero-order valence-electron chi connectivity index (χ0n) is 14.2. The Morgan fingerprint density at radius 3 is 2.50 bits per heavy atom. The van der Waals surface area contributed by atoms with Crippen LogP contribution in [0.5, 0.6) is 5.75 Å². The second-order valence-electron chi connectivity index (χ2n) is 5.65. The topological polar surface area (TPSA) is 99.8 Å². The molecule has 1 atom stereocenters. The molecular weight excluding hydrogens is 351 g/mol. The van der Waals surface area contributed by atoms with E-state index < -0.39 is 23.7 Å². The van der Waals surface area contributed by atoms with Gasteiger partial charge in [0.25, 0.3) is 0 Å². The lowest BCUT2D eigenvalue weighted by atomic mass is 10.3. The largest absolute Gasteiger partial charge is 0.487 e. The van der Waals surface area contributed by atoms with E-state index in [2.05, 4.69) is 25.5 Å². The Bertz CT molecular complexity index is 787. The molecule has 0 aliphatic carbocycles. The summed E-state index contributed by atoms with van der Waals surface area (Å²) < 4.78 is 44.8. The number of likely N-dealkylation sites (N-methyl/N-ethyl adjacent to an activating group) is 1. The van der Waals surface area contributed by atoms with Crippen molar-refractivity contribution < 1.29 is 17.9 Å². The van der Waals surface area contributed by atoms with Crippen LogP contribution in [0.2, 0.25) is 0 Å². The average Bonchev–Trinajstić information content (AvgIpc) is 2.53. The normalized spacial score (nSPS) is 12.5. The van der Waals surface area contributed by atoms with Gasteiger partial charge in [0, 0.05) is 12.6 Å². The number of hydrogen-bond acceptors (Lipinski definition) is 8. The van der Waals surface area contributed by atoms with Gasteiger partial charge in [0.05, 0.1) is 12.4 Å². The van der Waals surface area contributed by atoms with Gasteiger partial charge in [0.1, 0.15) is 18.0 Å². The SMILES string of the molecule is CC(CN(C)C)Oc1cc(Nc2cnc(C#N)cn2)nnc1C(F)(F)F. The molecule has 1 unspecified atom stereocenters. The Kier molecular flexibility index (Phi) is 5.89. The number of rotatable bonds is 6. The summed E-state index contributed by atoms with van der Waals surface area (Å²) in [5.74, 6) is -0.236. The molecule has 26 heavy (non-hydrogen) atoms. The fourth-order valence-corrected chi connectivity index (χ4v) is 2.07. The molecule has 0 aliphatic rings. The molecule has 2 aromatic heterocycles. The number of anilines is 2. The highest BCUT2D eigenvalue weighted by atomic mass is 19.4. The van der Waals surface area contributed by atoms with E-state index in [4.69, 9.17) is 10.00 Å². The Hall–Kier alpha value is -3.00. The van der Waals surface area contributed by atoms with Crippen molar-refractivity contribution in [1.82, 2.24) is 25.1 Å². The molecule has 11 heteroatoms. The minimum absolute atomic E-state index is 0.00376. The number of hydrogen-bond donors (Lipinski definition) is 1. The molecule has 0 amide bonds. The molecule has 8 nitrogen and oxygen atoms in total. The number of halogens is 3. The van der Waals surface area contributed by atoms with Crippen LogP contribution in [0.4, 0.5) is 24.8 Å². The van der Waals surface area contributed by atoms with Crippen molar-refractivity contribution in [2.75, 3.05) is 26.0 Å². The first kappa shape index (κ1) is 19.3. The highest BCUT2D eigenvalue weighted by Gasteiger charge is 2.38. The zero-order valence-corrected chi connectivity index (χ0v) is 14.2. The summed E-state index contributed by atoms with van der Waals surface area (Å²) >= 11 is 0. The van der Waals surface area contributed by atoms with Crippen LogP contribution in [0.1, 0.15) is 18.3 Å². The summed E-state index contributed by atoms with van der Waals surface area (Å²) in [4.78, 5) is 9.50. The zero-order chi connectivity index (χ0) is 19.3. The van der Waals surface area contributed by atoms with Gasteiger partial charge in [0.2, 0.25) is 5.69 Å². The van der Waals surface area contributed by atoms with Crippen LogP contribution in [0.15, 0.2) is 18.5 Å². The summed E-state index contributed by atoms with van der Waals surface area (Å²) in [5.41, 5.74) is -1.10. The first-order valence-electron chi connectivity index (χ1n) is 7.44. The van der Waals surface area contributed by atoms with Gasteiger partial charge in [0.15, 0.2) is 17.3 Å². The lowest BCUT2D eigenvalue weighted by molar-refractivity contribution is -0.143. The van der Waals surface area contributed by atoms with E-state index in [-0.39, 0.29) is 17.3 Å². The van der Waals surface area contributed by atoms with Crippen molar-refractivity contribution in [1.29, 1.82) is 5.26 Å². The molecule has 0 aromatic carbocycles. The maximum Gasteiger partial charge on any atom is 0.438 e. The predicted molar refractivity (Wildman–Crippen MR) is 85.7 cm³/mol. The van der Waals surface area contributed by atoms with Crippen LogP contribution in [-0.2, 0) is 6.18 Å². The Labute approximate surface area is 147 Å². The Balaban J connectivity index is 2.28. The van der Waals surface area contributed by atoms with Crippen molar-refractivity contribution in [3.8, 4) is 11.8 Å². The van der Waals surface area contributed by atoms with Crippen LogP contribution >= 0.6 is 0 Å². The number of nitrogens with zero attached hydrogens (tertiary/aromatic N) is 6. The van der Waals surface area contributed by atoms with Gasteiger partial charge in [-0.3, -0.25) is 0 Å². The predicted octanol–water partition coefficient (Wildman–Crippen LogP) is 2.23. The Morgan fingerprint density at radius 2 is 1.96 bits per heavy atom. The van der Waals surface area contributed by atoms with E-state index in [9.17, 15) is 13.2 Å². The Morgan fingerprint density at radius 1 is 1.23 bits per heavy atom. The van der Waals surface area contributed by atoms with Gasteiger partial charge >= 0.3 is 6.18 Å². The number of nitrogens with one attached hydrogen (secondary N) is 1. The summed E-state index contributed by atoms with van der Waals surface area (Å²) in [6, 6.07) is 2.91. The van der Waals surface area contributed by atoms with E-state index in [0.717, 1.165) is 6.07 Å². The van der Waals surface area contributed by atoms with Gasteiger partial charge < -0.3 is 15.0 Å². The monoisotopic (exact) mass is 367 g/mol. The first-order valence-corrected chi connectivity index (χ1v) is 7.44. The third kappa shape index (κ3) is 5.25. The summed E-state index contributed by atoms with van der Waals surface area (Å²) in [6.07, 6.45) is -2.73. The van der Waals surface area contributed by atoms with Gasteiger partial charge in [-0.05, 0) is 21.0 Å². The van der Waals surface area contributed by atoms with Gasteiger partial charge in [-0.1, -0.05) is 0 Å². The summed E-state index contributed by atoms with van der Waals surface area (Å²) in [7, 11) is 3.57. The molecule has 2 heterocycles. The lowest BCUT2D eigenvalue weighted by Crippen LogP contribution is -2.29. The minimum Gasteiger partial charge on any atom is -0.487 e. The first-order chi connectivity index (χ1) is 12.2.